The van der Waals surface area contributed by atoms with Crippen molar-refractivity contribution in [1.82, 2.24) is 4.31 Å². The first-order valence-electron chi connectivity index (χ1n) is 8.57. The molecule has 3 rings (SSSR count). The molecule has 0 radical (unpaired) electrons. The molecule has 1 saturated heterocycles. The maximum atomic E-state index is 12.8. The van der Waals surface area contributed by atoms with Crippen LogP contribution in [-0.2, 0) is 14.8 Å². The zero-order valence-electron chi connectivity index (χ0n) is 14.6. The highest BCUT2D eigenvalue weighted by atomic mass is 32.2. The highest BCUT2D eigenvalue weighted by Crippen LogP contribution is 2.23. The van der Waals surface area contributed by atoms with Gasteiger partial charge in [0.15, 0.2) is 0 Å². The lowest BCUT2D eigenvalue weighted by molar-refractivity contribution is -0.112. The number of thiophene rings is 1. The van der Waals surface area contributed by atoms with Crippen LogP contribution in [0.3, 0.4) is 0 Å². The second-order valence-corrected chi connectivity index (χ2v) is 9.05. The van der Waals surface area contributed by atoms with Crippen molar-refractivity contribution in [2.75, 3.05) is 18.4 Å². The Morgan fingerprint density at radius 3 is 2.63 bits per heavy atom. The van der Waals surface area contributed by atoms with Crippen LogP contribution in [0.25, 0.3) is 6.08 Å². The minimum absolute atomic E-state index is 0.0401. The van der Waals surface area contributed by atoms with Crippen molar-refractivity contribution in [1.29, 1.82) is 5.26 Å². The molecule has 0 bridgehead atoms. The Balaban J connectivity index is 1.79. The molecule has 0 saturated carbocycles. The number of carbonyl (C=O) groups is 1. The molecule has 1 aliphatic rings. The molecule has 1 fully saturated rings. The summed E-state index contributed by atoms with van der Waals surface area (Å²) in [5, 5.41) is 13.7. The standard InChI is InChI=1S/C19H19N3O3S2/c20-14-15(12-17-7-5-11-26-17)19(23)21-16-6-4-8-18(13-16)27(24,25)22-9-2-1-3-10-22/h4-8,11-13H,1-3,9-10H2,(H,21,23)/b15-12-. The molecular formula is C19H19N3O3S2. The van der Waals surface area contributed by atoms with Crippen molar-refractivity contribution in [3.8, 4) is 6.07 Å². The average molecular weight is 402 g/mol. The number of sulfonamides is 1. The molecule has 6 nitrogen and oxygen atoms in total. The third-order valence-electron chi connectivity index (χ3n) is 4.24. The van der Waals surface area contributed by atoms with E-state index in [2.05, 4.69) is 5.32 Å². The van der Waals surface area contributed by atoms with Gasteiger partial charge in [-0.25, -0.2) is 8.42 Å². The summed E-state index contributed by atoms with van der Waals surface area (Å²) >= 11 is 1.42. The van der Waals surface area contributed by atoms with Gasteiger partial charge >= 0.3 is 0 Å². The minimum atomic E-state index is -3.58. The first-order valence-corrected chi connectivity index (χ1v) is 10.9. The van der Waals surface area contributed by atoms with Gasteiger partial charge in [-0.1, -0.05) is 18.6 Å². The van der Waals surface area contributed by atoms with Gasteiger partial charge in [-0.15, -0.1) is 11.3 Å². The van der Waals surface area contributed by atoms with Gasteiger partial charge in [-0.3, -0.25) is 4.79 Å². The van der Waals surface area contributed by atoms with Gasteiger partial charge in [0.1, 0.15) is 11.6 Å². The number of benzene rings is 1. The number of piperidine rings is 1. The zero-order valence-corrected chi connectivity index (χ0v) is 16.2. The average Bonchev–Trinajstić information content (AvgIpc) is 3.20. The van der Waals surface area contributed by atoms with E-state index in [1.165, 1.54) is 33.9 Å². The Morgan fingerprint density at radius 2 is 1.96 bits per heavy atom. The first kappa shape index (κ1) is 19.3. The van der Waals surface area contributed by atoms with Crippen molar-refractivity contribution < 1.29 is 13.2 Å². The molecule has 1 N–H and O–H groups in total. The molecule has 1 amide bonds. The highest BCUT2D eigenvalue weighted by Gasteiger charge is 2.26. The van der Waals surface area contributed by atoms with E-state index in [0.717, 1.165) is 24.1 Å². The van der Waals surface area contributed by atoms with Gasteiger partial charge in [0, 0.05) is 23.7 Å². The number of amides is 1. The molecule has 2 aromatic rings. The molecule has 1 aliphatic heterocycles. The molecular weight excluding hydrogens is 382 g/mol. The topological polar surface area (TPSA) is 90.3 Å². The predicted octanol–water partition coefficient (Wildman–Crippen LogP) is 3.47. The molecule has 0 atom stereocenters. The molecule has 0 aliphatic carbocycles. The van der Waals surface area contributed by atoms with E-state index in [0.29, 0.717) is 18.8 Å². The SMILES string of the molecule is N#C/C(=C/c1cccs1)C(=O)Nc1cccc(S(=O)(=O)N2CCCCC2)c1. The Kier molecular flexibility index (Phi) is 6.06. The normalized spacial score (nSPS) is 15.9. The smallest absolute Gasteiger partial charge is 0.266 e. The number of hydrogen-bond acceptors (Lipinski definition) is 5. The summed E-state index contributed by atoms with van der Waals surface area (Å²) in [5.74, 6) is -0.571. The number of carbonyl (C=O) groups excluding carboxylic acids is 1. The quantitative estimate of drug-likeness (QED) is 0.613. The van der Waals surface area contributed by atoms with Gasteiger partial charge in [0.2, 0.25) is 10.0 Å². The minimum Gasteiger partial charge on any atom is -0.321 e. The van der Waals surface area contributed by atoms with Gasteiger partial charge in [0.05, 0.1) is 4.90 Å². The zero-order chi connectivity index (χ0) is 19.3. The molecule has 0 spiro atoms. The van der Waals surface area contributed by atoms with Gasteiger partial charge < -0.3 is 5.32 Å². The molecule has 1 aromatic carbocycles. The summed E-state index contributed by atoms with van der Waals surface area (Å²) < 4.78 is 27.0. The maximum absolute atomic E-state index is 12.8. The summed E-state index contributed by atoms with van der Waals surface area (Å²) in [6.07, 6.45) is 4.26. The Morgan fingerprint density at radius 1 is 1.19 bits per heavy atom. The second kappa shape index (κ2) is 8.48. The first-order chi connectivity index (χ1) is 13.0. The van der Waals surface area contributed by atoms with Gasteiger partial charge in [-0.05, 0) is 48.6 Å². The van der Waals surface area contributed by atoms with Crippen molar-refractivity contribution in [2.24, 2.45) is 0 Å². The number of nitriles is 1. The lowest BCUT2D eigenvalue weighted by Gasteiger charge is -2.26. The third-order valence-corrected chi connectivity index (χ3v) is 6.95. The van der Waals surface area contributed by atoms with Crippen LogP contribution < -0.4 is 5.32 Å². The van der Waals surface area contributed by atoms with E-state index in [9.17, 15) is 18.5 Å². The Labute approximate surface area is 162 Å². The molecule has 0 unspecified atom stereocenters. The van der Waals surface area contributed by atoms with Gasteiger partial charge in [0.25, 0.3) is 5.91 Å². The molecule has 27 heavy (non-hydrogen) atoms. The fourth-order valence-electron chi connectivity index (χ4n) is 2.85. The van der Waals surface area contributed by atoms with E-state index in [-0.39, 0.29) is 10.5 Å². The number of nitrogens with one attached hydrogen (secondary N) is 1. The fraction of sp³-hybridized carbons (Fsp3) is 0.263. The fourth-order valence-corrected chi connectivity index (χ4v) is 5.07. The summed E-state index contributed by atoms with van der Waals surface area (Å²) in [5.41, 5.74) is 0.298. The largest absolute Gasteiger partial charge is 0.321 e. The van der Waals surface area contributed by atoms with Crippen LogP contribution in [0.2, 0.25) is 0 Å². The monoisotopic (exact) mass is 401 g/mol. The summed E-state index contributed by atoms with van der Waals surface area (Å²) in [6.45, 7) is 1.03. The van der Waals surface area contributed by atoms with Crippen molar-refractivity contribution >= 4 is 39.0 Å². The number of rotatable bonds is 5. The molecule has 8 heteroatoms. The third kappa shape index (κ3) is 4.63. The number of hydrogen-bond donors (Lipinski definition) is 1. The van der Waals surface area contributed by atoms with Crippen LogP contribution in [0.15, 0.2) is 52.2 Å². The van der Waals surface area contributed by atoms with E-state index < -0.39 is 15.9 Å². The van der Waals surface area contributed by atoms with Crippen LogP contribution in [0.5, 0.6) is 0 Å². The summed E-state index contributed by atoms with van der Waals surface area (Å²) in [7, 11) is -3.58. The Hall–Kier alpha value is -2.47. The number of anilines is 1. The lowest BCUT2D eigenvalue weighted by atomic mass is 10.2. The highest BCUT2D eigenvalue weighted by molar-refractivity contribution is 7.89. The summed E-state index contributed by atoms with van der Waals surface area (Å²) in [4.78, 5) is 13.3. The van der Waals surface area contributed by atoms with Crippen LogP contribution in [0.4, 0.5) is 5.69 Å². The van der Waals surface area contributed by atoms with E-state index in [1.54, 1.807) is 18.2 Å². The van der Waals surface area contributed by atoms with Crippen LogP contribution in [0, 0.1) is 11.3 Å². The van der Waals surface area contributed by atoms with E-state index in [1.807, 2.05) is 17.5 Å². The van der Waals surface area contributed by atoms with Crippen molar-refractivity contribution in [3.63, 3.8) is 0 Å². The van der Waals surface area contributed by atoms with Crippen LogP contribution in [0.1, 0.15) is 24.1 Å². The molecule has 140 valence electrons. The van der Waals surface area contributed by atoms with Crippen LogP contribution >= 0.6 is 11.3 Å². The van der Waals surface area contributed by atoms with E-state index in [4.69, 9.17) is 0 Å². The maximum Gasteiger partial charge on any atom is 0.266 e. The number of nitrogens with zero attached hydrogens (tertiary/aromatic N) is 2. The van der Waals surface area contributed by atoms with E-state index >= 15 is 0 Å². The molecule has 1 aromatic heterocycles. The Bertz CT molecular complexity index is 983. The summed E-state index contributed by atoms with van der Waals surface area (Å²) in [6, 6.07) is 11.7. The van der Waals surface area contributed by atoms with Crippen LogP contribution in [-0.4, -0.2) is 31.7 Å². The second-order valence-electron chi connectivity index (χ2n) is 6.13. The molecule has 2 heterocycles. The van der Waals surface area contributed by atoms with Gasteiger partial charge in [-0.2, -0.15) is 9.57 Å². The van der Waals surface area contributed by atoms with Crippen molar-refractivity contribution in [3.05, 3.63) is 52.2 Å². The van der Waals surface area contributed by atoms with Crippen molar-refractivity contribution in [2.45, 2.75) is 24.2 Å². The lowest BCUT2D eigenvalue weighted by Crippen LogP contribution is -2.35. The predicted molar refractivity (Wildman–Crippen MR) is 106 cm³/mol.